The van der Waals surface area contributed by atoms with Gasteiger partial charge in [0.2, 0.25) is 5.91 Å². The van der Waals surface area contributed by atoms with Crippen molar-refractivity contribution in [3.8, 4) is 11.1 Å². The molecule has 2 heterocycles. The lowest BCUT2D eigenvalue weighted by Crippen LogP contribution is -2.56. The summed E-state index contributed by atoms with van der Waals surface area (Å²) in [6.45, 7) is 9.81. The van der Waals surface area contributed by atoms with Crippen LogP contribution < -0.4 is 15.5 Å². The first-order valence-corrected chi connectivity index (χ1v) is 13.3. The van der Waals surface area contributed by atoms with Crippen LogP contribution in [-0.2, 0) is 11.3 Å². The summed E-state index contributed by atoms with van der Waals surface area (Å²) in [5.74, 6) is 0.190. The van der Waals surface area contributed by atoms with Crippen LogP contribution in [0.2, 0.25) is 0 Å². The van der Waals surface area contributed by atoms with Gasteiger partial charge in [-0.2, -0.15) is 0 Å². The Kier molecular flexibility index (Phi) is 7.40. The molecule has 0 aromatic heterocycles. The molecule has 0 atom stereocenters. The molecule has 2 N–H and O–H groups in total. The molecule has 36 heavy (non-hydrogen) atoms. The second-order valence-corrected chi connectivity index (χ2v) is 10.3. The van der Waals surface area contributed by atoms with Crippen molar-refractivity contribution in [3.63, 3.8) is 0 Å². The standard InChI is InChI=1S/C31H38N4O/c1-24-13-14-25(2)29(21-24)28-12-7-6-9-26(28)22-32-17-8-18-34-19-15-31(16-20-34)30(36)33-23-35(31)27-10-4-3-5-11-27/h3-7,9-14,21,32H,8,15-20,22-23H2,1-2H3,(H,33,36). The second-order valence-electron chi connectivity index (χ2n) is 10.3. The van der Waals surface area contributed by atoms with Gasteiger partial charge in [0, 0.05) is 25.3 Å². The highest BCUT2D eigenvalue weighted by atomic mass is 16.2. The number of para-hydroxylation sites is 1. The van der Waals surface area contributed by atoms with Gasteiger partial charge in [-0.05, 0) is 80.6 Å². The molecule has 0 unspecified atom stereocenters. The van der Waals surface area contributed by atoms with Gasteiger partial charge < -0.3 is 20.4 Å². The van der Waals surface area contributed by atoms with Gasteiger partial charge in [0.1, 0.15) is 5.54 Å². The predicted molar refractivity (Wildman–Crippen MR) is 148 cm³/mol. The van der Waals surface area contributed by atoms with Crippen LogP contribution in [0.1, 0.15) is 36.0 Å². The van der Waals surface area contributed by atoms with Gasteiger partial charge >= 0.3 is 0 Å². The lowest BCUT2D eigenvalue weighted by Gasteiger charge is -2.43. The fourth-order valence-electron chi connectivity index (χ4n) is 5.79. The fourth-order valence-corrected chi connectivity index (χ4v) is 5.79. The third-order valence-corrected chi connectivity index (χ3v) is 7.93. The summed E-state index contributed by atoms with van der Waals surface area (Å²) in [7, 11) is 0. The van der Waals surface area contributed by atoms with Crippen LogP contribution in [0.15, 0.2) is 72.8 Å². The first-order valence-electron chi connectivity index (χ1n) is 13.3. The molecular weight excluding hydrogens is 444 g/mol. The van der Waals surface area contributed by atoms with E-state index in [9.17, 15) is 4.79 Å². The highest BCUT2D eigenvalue weighted by molar-refractivity contribution is 5.93. The van der Waals surface area contributed by atoms with E-state index in [2.05, 4.69) is 101 Å². The smallest absolute Gasteiger partial charge is 0.247 e. The number of nitrogens with one attached hydrogen (secondary N) is 2. The number of nitrogens with zero attached hydrogens (tertiary/aromatic N) is 2. The zero-order valence-electron chi connectivity index (χ0n) is 21.6. The molecule has 188 valence electrons. The molecule has 2 fully saturated rings. The lowest BCUT2D eigenvalue weighted by molar-refractivity contribution is -0.125. The highest BCUT2D eigenvalue weighted by Crippen LogP contribution is 2.36. The second kappa shape index (κ2) is 10.9. The Morgan fingerprint density at radius 3 is 2.47 bits per heavy atom. The van der Waals surface area contributed by atoms with E-state index >= 15 is 0 Å². The van der Waals surface area contributed by atoms with Crippen molar-refractivity contribution in [2.75, 3.05) is 37.7 Å². The Labute approximate surface area is 215 Å². The Morgan fingerprint density at radius 2 is 1.67 bits per heavy atom. The van der Waals surface area contributed by atoms with Crippen LogP contribution >= 0.6 is 0 Å². The van der Waals surface area contributed by atoms with Crippen molar-refractivity contribution in [1.82, 2.24) is 15.5 Å². The lowest BCUT2D eigenvalue weighted by atomic mass is 9.85. The number of amides is 1. The minimum Gasteiger partial charge on any atom is -0.339 e. The molecule has 2 saturated heterocycles. The largest absolute Gasteiger partial charge is 0.339 e. The monoisotopic (exact) mass is 482 g/mol. The van der Waals surface area contributed by atoms with Crippen LogP contribution in [0.25, 0.3) is 11.1 Å². The topological polar surface area (TPSA) is 47.6 Å². The highest BCUT2D eigenvalue weighted by Gasteiger charge is 2.50. The van der Waals surface area contributed by atoms with Crippen molar-refractivity contribution in [2.24, 2.45) is 0 Å². The first kappa shape index (κ1) is 24.5. The number of piperidine rings is 1. The van der Waals surface area contributed by atoms with Gasteiger partial charge in [0.25, 0.3) is 0 Å². The van der Waals surface area contributed by atoms with Crippen LogP contribution in [0.4, 0.5) is 5.69 Å². The predicted octanol–water partition coefficient (Wildman–Crippen LogP) is 4.88. The van der Waals surface area contributed by atoms with Crippen molar-refractivity contribution in [1.29, 1.82) is 0 Å². The van der Waals surface area contributed by atoms with Gasteiger partial charge in [0.15, 0.2) is 0 Å². The van der Waals surface area contributed by atoms with Gasteiger partial charge in [-0.1, -0.05) is 66.2 Å². The normalized spacial score (nSPS) is 17.5. The number of likely N-dealkylation sites (tertiary alicyclic amines) is 1. The minimum absolute atomic E-state index is 0.190. The van der Waals surface area contributed by atoms with Crippen molar-refractivity contribution in [2.45, 2.75) is 45.2 Å². The van der Waals surface area contributed by atoms with Gasteiger partial charge in [-0.3, -0.25) is 4.79 Å². The van der Waals surface area contributed by atoms with Crippen molar-refractivity contribution in [3.05, 3.63) is 89.5 Å². The van der Waals surface area contributed by atoms with E-state index in [0.29, 0.717) is 6.67 Å². The summed E-state index contributed by atoms with van der Waals surface area (Å²) in [6.07, 6.45) is 2.86. The van der Waals surface area contributed by atoms with Crippen LogP contribution in [0, 0.1) is 13.8 Å². The van der Waals surface area contributed by atoms with E-state index < -0.39 is 5.54 Å². The number of hydrogen-bond acceptors (Lipinski definition) is 4. The zero-order chi connectivity index (χ0) is 25.0. The molecule has 3 aromatic rings. The Morgan fingerprint density at radius 1 is 0.917 bits per heavy atom. The quantitative estimate of drug-likeness (QED) is 0.450. The zero-order valence-corrected chi connectivity index (χ0v) is 21.6. The molecule has 5 heteroatoms. The Balaban J connectivity index is 1.11. The molecule has 5 nitrogen and oxygen atoms in total. The number of benzene rings is 3. The molecule has 0 radical (unpaired) electrons. The summed E-state index contributed by atoms with van der Waals surface area (Å²) in [5, 5.41) is 6.77. The molecule has 2 aliphatic heterocycles. The molecule has 3 aromatic carbocycles. The third kappa shape index (κ3) is 5.04. The average Bonchev–Trinajstić information content (AvgIpc) is 3.22. The van der Waals surface area contributed by atoms with Gasteiger partial charge in [-0.25, -0.2) is 0 Å². The summed E-state index contributed by atoms with van der Waals surface area (Å²) < 4.78 is 0. The van der Waals surface area contributed by atoms with E-state index in [1.54, 1.807) is 0 Å². The van der Waals surface area contributed by atoms with E-state index in [1.165, 1.54) is 27.8 Å². The molecule has 0 bridgehead atoms. The molecule has 2 aliphatic rings. The van der Waals surface area contributed by atoms with E-state index in [-0.39, 0.29) is 5.91 Å². The molecule has 0 aliphatic carbocycles. The summed E-state index contributed by atoms with van der Waals surface area (Å²) in [4.78, 5) is 17.7. The average molecular weight is 483 g/mol. The SMILES string of the molecule is Cc1ccc(C)c(-c2ccccc2CNCCCN2CCC3(CC2)C(=O)NCN3c2ccccc2)c1. The summed E-state index contributed by atoms with van der Waals surface area (Å²) in [5.41, 5.74) is 7.35. The van der Waals surface area contributed by atoms with Crippen LogP contribution in [0.5, 0.6) is 0 Å². The minimum atomic E-state index is -0.395. The number of aryl methyl sites for hydroxylation is 2. The molecule has 1 amide bonds. The van der Waals surface area contributed by atoms with E-state index in [0.717, 1.165) is 57.7 Å². The first-order chi connectivity index (χ1) is 17.6. The Hall–Kier alpha value is -3.15. The number of carbonyl (C=O) groups excluding carboxylic acids is 1. The van der Waals surface area contributed by atoms with Crippen molar-refractivity contribution >= 4 is 11.6 Å². The maximum Gasteiger partial charge on any atom is 0.247 e. The number of carbonyl (C=O) groups is 1. The summed E-state index contributed by atoms with van der Waals surface area (Å²) in [6, 6.07) is 25.8. The molecule has 5 rings (SSSR count). The van der Waals surface area contributed by atoms with Crippen LogP contribution in [-0.4, -0.2) is 49.2 Å². The number of rotatable bonds is 8. The Bertz CT molecular complexity index is 1180. The fraction of sp³-hybridized carbons (Fsp3) is 0.387. The van der Waals surface area contributed by atoms with Gasteiger partial charge in [-0.15, -0.1) is 0 Å². The third-order valence-electron chi connectivity index (χ3n) is 7.93. The molecule has 0 saturated carbocycles. The maximum absolute atomic E-state index is 12.9. The number of anilines is 1. The summed E-state index contributed by atoms with van der Waals surface area (Å²) >= 11 is 0. The van der Waals surface area contributed by atoms with Gasteiger partial charge in [0.05, 0.1) is 6.67 Å². The van der Waals surface area contributed by atoms with Crippen molar-refractivity contribution < 1.29 is 4.79 Å². The molecule has 1 spiro atoms. The van der Waals surface area contributed by atoms with Crippen LogP contribution in [0.3, 0.4) is 0 Å². The molecular formula is C31H38N4O. The van der Waals surface area contributed by atoms with E-state index in [4.69, 9.17) is 0 Å². The van der Waals surface area contributed by atoms with E-state index in [1.807, 2.05) is 6.07 Å². The maximum atomic E-state index is 12.9. The number of hydrogen-bond donors (Lipinski definition) is 2.